The van der Waals surface area contributed by atoms with Crippen molar-refractivity contribution >= 4 is 17.7 Å². The van der Waals surface area contributed by atoms with Gasteiger partial charge in [-0.15, -0.1) is 0 Å². The van der Waals surface area contributed by atoms with Gasteiger partial charge in [-0.1, -0.05) is 40.7 Å². The smallest absolute Gasteiger partial charge is 0.305 e. The molecule has 2 N–H and O–H groups in total. The van der Waals surface area contributed by atoms with Crippen molar-refractivity contribution in [2.75, 3.05) is 6.61 Å². The molecule has 184 valence electrons. The Kier molecular flexibility index (Phi) is 6.06. The first kappa shape index (κ1) is 24.4. The maximum Gasteiger partial charge on any atom is 0.305 e. The molecule has 0 aromatic carbocycles. The second-order valence-electron chi connectivity index (χ2n) is 11.3. The Morgan fingerprint density at radius 2 is 1.73 bits per heavy atom. The SMILES string of the molecule is C=C1C(=O)[C@@]23[C@H](O)C[C@@H]4[C@@](C)(COC(=O)CC)CCC[C@@]4(C)[C@@H]2C[C@H](OC(=O)CC)[C@@H]1[C@H]3O. The summed E-state index contributed by atoms with van der Waals surface area (Å²) in [5.74, 6) is -1.96. The molecule has 0 unspecified atom stereocenters. The number of ether oxygens (including phenoxy) is 2. The number of Topliss-reactive ketones (excluding diaryl/α,β-unsaturated/α-hetero) is 1. The third-order valence-corrected chi connectivity index (χ3v) is 9.69. The fourth-order valence-corrected chi connectivity index (χ4v) is 8.11. The molecule has 0 aliphatic heterocycles. The van der Waals surface area contributed by atoms with E-state index in [1.54, 1.807) is 13.8 Å². The van der Waals surface area contributed by atoms with Gasteiger partial charge in [0.15, 0.2) is 5.78 Å². The number of hydrogen-bond donors (Lipinski definition) is 2. The Bertz CT molecular complexity index is 867. The van der Waals surface area contributed by atoms with E-state index in [4.69, 9.17) is 9.47 Å². The Labute approximate surface area is 195 Å². The first-order chi connectivity index (χ1) is 15.5. The van der Waals surface area contributed by atoms with Crippen molar-refractivity contribution in [3.8, 4) is 0 Å². The Morgan fingerprint density at radius 3 is 2.36 bits per heavy atom. The van der Waals surface area contributed by atoms with Crippen LogP contribution in [0.15, 0.2) is 12.2 Å². The average Bonchev–Trinajstić information content (AvgIpc) is 2.90. The first-order valence-electron chi connectivity index (χ1n) is 12.4. The third-order valence-electron chi connectivity index (χ3n) is 9.69. The van der Waals surface area contributed by atoms with E-state index in [1.807, 2.05) is 0 Å². The number of aliphatic hydroxyl groups excluding tert-OH is 2. The second kappa shape index (κ2) is 8.19. The highest BCUT2D eigenvalue weighted by molar-refractivity contribution is 6.04. The molecule has 0 amide bonds. The van der Waals surface area contributed by atoms with E-state index < -0.39 is 35.1 Å². The van der Waals surface area contributed by atoms with Gasteiger partial charge in [0.2, 0.25) is 0 Å². The fraction of sp³-hybridized carbons (Fsp3) is 0.808. The van der Waals surface area contributed by atoms with Crippen LogP contribution in [-0.2, 0) is 23.9 Å². The molecule has 33 heavy (non-hydrogen) atoms. The number of carbonyl (C=O) groups excluding carboxylic acids is 3. The normalized spacial score (nSPS) is 46.4. The van der Waals surface area contributed by atoms with Crippen molar-refractivity contribution in [2.24, 2.45) is 34.0 Å². The monoisotopic (exact) mass is 462 g/mol. The summed E-state index contributed by atoms with van der Waals surface area (Å²) in [6, 6.07) is 0. The van der Waals surface area contributed by atoms with Crippen LogP contribution < -0.4 is 0 Å². The van der Waals surface area contributed by atoms with Gasteiger partial charge in [-0.2, -0.15) is 0 Å². The van der Waals surface area contributed by atoms with E-state index in [-0.39, 0.29) is 53.6 Å². The van der Waals surface area contributed by atoms with E-state index >= 15 is 0 Å². The number of rotatable bonds is 5. The van der Waals surface area contributed by atoms with Crippen LogP contribution in [0.3, 0.4) is 0 Å². The molecule has 0 aromatic rings. The van der Waals surface area contributed by atoms with Crippen molar-refractivity contribution < 1.29 is 34.1 Å². The fourth-order valence-electron chi connectivity index (χ4n) is 8.11. The molecule has 1 spiro atoms. The van der Waals surface area contributed by atoms with Crippen LogP contribution >= 0.6 is 0 Å². The van der Waals surface area contributed by atoms with Crippen LogP contribution in [0.1, 0.15) is 72.6 Å². The highest BCUT2D eigenvalue weighted by Crippen LogP contribution is 2.71. The van der Waals surface area contributed by atoms with E-state index in [0.717, 1.165) is 19.3 Å². The van der Waals surface area contributed by atoms with Crippen molar-refractivity contribution in [1.82, 2.24) is 0 Å². The number of ketones is 1. The summed E-state index contributed by atoms with van der Waals surface area (Å²) < 4.78 is 11.3. The van der Waals surface area contributed by atoms with Gasteiger partial charge in [-0.25, -0.2) is 0 Å². The Hall–Kier alpha value is -1.73. The summed E-state index contributed by atoms with van der Waals surface area (Å²) in [7, 11) is 0. The molecule has 0 heterocycles. The van der Waals surface area contributed by atoms with Gasteiger partial charge in [0.05, 0.1) is 30.1 Å². The Morgan fingerprint density at radius 1 is 1.06 bits per heavy atom. The predicted octanol–water partition coefficient (Wildman–Crippen LogP) is 2.96. The van der Waals surface area contributed by atoms with Gasteiger partial charge >= 0.3 is 11.9 Å². The molecule has 4 fully saturated rings. The Balaban J connectivity index is 1.76. The van der Waals surface area contributed by atoms with Crippen LogP contribution in [0.4, 0.5) is 0 Å². The maximum atomic E-state index is 13.7. The second-order valence-corrected chi connectivity index (χ2v) is 11.3. The van der Waals surface area contributed by atoms with Crippen LogP contribution in [0, 0.1) is 34.0 Å². The lowest BCUT2D eigenvalue weighted by atomic mass is 9.39. The molecule has 4 aliphatic carbocycles. The van der Waals surface area contributed by atoms with E-state index in [1.165, 1.54) is 0 Å². The molecule has 0 aromatic heterocycles. The number of hydrogen-bond acceptors (Lipinski definition) is 7. The summed E-state index contributed by atoms with van der Waals surface area (Å²) in [4.78, 5) is 37.8. The average molecular weight is 463 g/mol. The molecule has 4 rings (SSSR count). The molecule has 2 bridgehead atoms. The number of fused-ring (bicyclic) bond motifs is 3. The predicted molar refractivity (Wildman–Crippen MR) is 120 cm³/mol. The molecule has 0 radical (unpaired) electrons. The standard InChI is InChI=1S/C26H38O7/c1-6-19(28)32-13-24(4)9-8-10-25(5)16(24)12-18(27)26-17(25)11-15(33-20(29)7-2)21(23(26)31)14(3)22(26)30/h15-18,21,23,27,31H,3,6-13H2,1-2,4-5H3/t15-,16+,17-,18+,21+,23+,24+,25+,26-/m0/s1. The zero-order valence-electron chi connectivity index (χ0n) is 20.3. The number of carbonyl (C=O) groups is 3. The van der Waals surface area contributed by atoms with Gasteiger partial charge in [-0.05, 0) is 48.5 Å². The van der Waals surface area contributed by atoms with Gasteiger partial charge in [-0.3, -0.25) is 14.4 Å². The van der Waals surface area contributed by atoms with E-state index in [9.17, 15) is 24.6 Å². The molecular weight excluding hydrogens is 424 g/mol. The summed E-state index contributed by atoms with van der Waals surface area (Å²) >= 11 is 0. The van der Waals surface area contributed by atoms with Crippen LogP contribution in [0.25, 0.3) is 0 Å². The summed E-state index contributed by atoms with van der Waals surface area (Å²) in [5.41, 5.74) is -1.80. The molecule has 7 heteroatoms. The van der Waals surface area contributed by atoms with Gasteiger partial charge < -0.3 is 19.7 Å². The maximum absolute atomic E-state index is 13.7. The zero-order chi connectivity index (χ0) is 24.3. The highest BCUT2D eigenvalue weighted by Gasteiger charge is 2.76. The third kappa shape index (κ3) is 3.25. The minimum Gasteiger partial charge on any atom is -0.465 e. The van der Waals surface area contributed by atoms with E-state index in [0.29, 0.717) is 19.3 Å². The van der Waals surface area contributed by atoms with Crippen molar-refractivity contribution in [3.05, 3.63) is 12.2 Å². The number of esters is 2. The molecular formula is C26H38O7. The minimum atomic E-state index is -1.32. The first-order valence-corrected chi connectivity index (χ1v) is 12.4. The molecule has 0 saturated heterocycles. The topological polar surface area (TPSA) is 110 Å². The molecule has 4 saturated carbocycles. The van der Waals surface area contributed by atoms with Gasteiger partial charge in [0.25, 0.3) is 0 Å². The number of aliphatic hydroxyl groups is 2. The van der Waals surface area contributed by atoms with Crippen LogP contribution in [-0.4, -0.2) is 52.9 Å². The summed E-state index contributed by atoms with van der Waals surface area (Å²) in [6.07, 6.45) is 1.05. The lowest BCUT2D eigenvalue weighted by molar-refractivity contribution is -0.245. The largest absolute Gasteiger partial charge is 0.465 e. The van der Waals surface area contributed by atoms with Crippen molar-refractivity contribution in [3.63, 3.8) is 0 Å². The molecule has 9 atom stereocenters. The van der Waals surface area contributed by atoms with Crippen molar-refractivity contribution in [1.29, 1.82) is 0 Å². The van der Waals surface area contributed by atoms with E-state index in [2.05, 4.69) is 20.4 Å². The zero-order valence-corrected chi connectivity index (χ0v) is 20.3. The molecule has 7 nitrogen and oxygen atoms in total. The summed E-state index contributed by atoms with van der Waals surface area (Å²) in [5, 5.41) is 23.0. The minimum absolute atomic E-state index is 0.0121. The van der Waals surface area contributed by atoms with Crippen LogP contribution in [0.2, 0.25) is 0 Å². The van der Waals surface area contributed by atoms with Crippen LogP contribution in [0.5, 0.6) is 0 Å². The highest BCUT2D eigenvalue weighted by atomic mass is 16.5. The van der Waals surface area contributed by atoms with Crippen molar-refractivity contribution in [2.45, 2.75) is 91.0 Å². The molecule has 4 aliphatic rings. The quantitative estimate of drug-likeness (QED) is 0.477. The summed E-state index contributed by atoms with van der Waals surface area (Å²) in [6.45, 7) is 12.0. The lowest BCUT2D eigenvalue weighted by Crippen LogP contribution is -2.69. The van der Waals surface area contributed by atoms with Gasteiger partial charge in [0.1, 0.15) is 6.10 Å². The lowest BCUT2D eigenvalue weighted by Gasteiger charge is -2.65. The van der Waals surface area contributed by atoms with Gasteiger partial charge in [0, 0.05) is 18.3 Å².